The van der Waals surface area contributed by atoms with Crippen molar-refractivity contribution in [3.8, 4) is 0 Å². The summed E-state index contributed by atoms with van der Waals surface area (Å²) in [5.74, 6) is 1.35. The van der Waals surface area contributed by atoms with E-state index in [9.17, 15) is 4.79 Å². The second kappa shape index (κ2) is 5.35. The van der Waals surface area contributed by atoms with Crippen molar-refractivity contribution < 1.29 is 9.21 Å². The van der Waals surface area contributed by atoms with Gasteiger partial charge in [0.1, 0.15) is 5.76 Å². The summed E-state index contributed by atoms with van der Waals surface area (Å²) >= 11 is 6.93. The third-order valence-electron chi connectivity index (χ3n) is 3.96. The molecule has 2 heterocycles. The van der Waals surface area contributed by atoms with Crippen LogP contribution >= 0.6 is 31.9 Å². The molecule has 0 atom stereocenters. The maximum atomic E-state index is 12.3. The van der Waals surface area contributed by atoms with Gasteiger partial charge >= 0.3 is 0 Å². The average molecular weight is 424 g/mol. The Morgan fingerprint density at radius 2 is 2.05 bits per heavy atom. The topological polar surface area (TPSA) is 55.1 Å². The van der Waals surface area contributed by atoms with E-state index in [1.54, 1.807) is 6.08 Å². The van der Waals surface area contributed by atoms with Gasteiger partial charge in [-0.2, -0.15) is 0 Å². The molecule has 4 nitrogen and oxygen atoms in total. The van der Waals surface area contributed by atoms with E-state index >= 15 is 0 Å². The molecular formula is C16H12Br2N2O2. The van der Waals surface area contributed by atoms with E-state index in [-0.39, 0.29) is 5.91 Å². The smallest absolute Gasteiger partial charge is 0.256 e. The van der Waals surface area contributed by atoms with Crippen molar-refractivity contribution in [3.63, 3.8) is 0 Å². The standard InChI is InChI=1S/C16H12Br2N2O2/c17-8-5-9-10(16(21)20-15(9)11(18)6-8)7-14-19-12-3-1-2-4-13(12)22-14/h5-7H,1-4H2,(H,20,21). The van der Waals surface area contributed by atoms with Gasteiger partial charge in [-0.1, -0.05) is 15.9 Å². The quantitative estimate of drug-likeness (QED) is 0.683. The highest BCUT2D eigenvalue weighted by molar-refractivity contribution is 9.11. The molecule has 1 aromatic heterocycles. The third kappa shape index (κ3) is 2.34. The van der Waals surface area contributed by atoms with E-state index in [0.29, 0.717) is 11.5 Å². The monoisotopic (exact) mass is 422 g/mol. The van der Waals surface area contributed by atoms with Crippen LogP contribution in [0.1, 0.15) is 35.7 Å². The number of hydrogen-bond acceptors (Lipinski definition) is 3. The summed E-state index contributed by atoms with van der Waals surface area (Å²) in [6.07, 6.45) is 5.92. The van der Waals surface area contributed by atoms with Crippen molar-refractivity contribution in [2.24, 2.45) is 0 Å². The number of nitrogens with one attached hydrogen (secondary N) is 1. The zero-order chi connectivity index (χ0) is 15.3. The third-order valence-corrected chi connectivity index (χ3v) is 5.04. The van der Waals surface area contributed by atoms with Gasteiger partial charge in [-0.15, -0.1) is 0 Å². The zero-order valence-corrected chi connectivity index (χ0v) is 14.8. The van der Waals surface area contributed by atoms with E-state index in [1.165, 1.54) is 0 Å². The predicted molar refractivity (Wildman–Crippen MR) is 91.5 cm³/mol. The lowest BCUT2D eigenvalue weighted by atomic mass is 10.0. The molecule has 4 rings (SSSR count). The molecule has 0 spiro atoms. The lowest BCUT2D eigenvalue weighted by molar-refractivity contribution is -0.110. The number of oxazole rings is 1. The van der Waals surface area contributed by atoms with Crippen LogP contribution in [0, 0.1) is 0 Å². The summed E-state index contributed by atoms with van der Waals surface area (Å²) in [6, 6.07) is 3.83. The summed E-state index contributed by atoms with van der Waals surface area (Å²) in [5, 5.41) is 2.88. The number of rotatable bonds is 1. The van der Waals surface area contributed by atoms with Crippen LogP contribution in [-0.4, -0.2) is 10.9 Å². The number of carbonyl (C=O) groups is 1. The fourth-order valence-corrected chi connectivity index (χ4v) is 4.24. The molecule has 0 fully saturated rings. The zero-order valence-electron chi connectivity index (χ0n) is 11.6. The van der Waals surface area contributed by atoms with Gasteiger partial charge < -0.3 is 9.73 Å². The summed E-state index contributed by atoms with van der Waals surface area (Å²) in [4.78, 5) is 16.8. The molecule has 22 heavy (non-hydrogen) atoms. The van der Waals surface area contributed by atoms with Crippen molar-refractivity contribution >= 4 is 55.1 Å². The molecule has 0 saturated carbocycles. The van der Waals surface area contributed by atoms with Crippen molar-refractivity contribution in [1.29, 1.82) is 0 Å². The van der Waals surface area contributed by atoms with Crippen LogP contribution < -0.4 is 5.32 Å². The summed E-state index contributed by atoms with van der Waals surface area (Å²) in [7, 11) is 0. The number of amides is 1. The maximum absolute atomic E-state index is 12.3. The van der Waals surface area contributed by atoms with Crippen LogP contribution in [0.15, 0.2) is 25.5 Å². The van der Waals surface area contributed by atoms with E-state index in [4.69, 9.17) is 4.42 Å². The minimum absolute atomic E-state index is 0.134. The van der Waals surface area contributed by atoms with Gasteiger partial charge in [0.05, 0.1) is 17.0 Å². The van der Waals surface area contributed by atoms with Gasteiger partial charge in [-0.3, -0.25) is 4.79 Å². The molecule has 1 aliphatic carbocycles. The first-order chi connectivity index (χ1) is 10.6. The lowest BCUT2D eigenvalue weighted by Gasteiger charge is -2.05. The molecule has 1 aromatic carbocycles. The molecule has 1 amide bonds. The van der Waals surface area contributed by atoms with Crippen LogP contribution in [0.25, 0.3) is 11.6 Å². The van der Waals surface area contributed by atoms with Crippen molar-refractivity contribution in [1.82, 2.24) is 4.98 Å². The number of fused-ring (bicyclic) bond motifs is 2. The van der Waals surface area contributed by atoms with Crippen LogP contribution in [0.3, 0.4) is 0 Å². The molecule has 112 valence electrons. The number of aryl methyl sites for hydroxylation is 2. The number of carbonyl (C=O) groups excluding carboxylic acids is 1. The highest BCUT2D eigenvalue weighted by atomic mass is 79.9. The first-order valence-electron chi connectivity index (χ1n) is 7.13. The summed E-state index contributed by atoms with van der Waals surface area (Å²) < 4.78 is 7.56. The van der Waals surface area contributed by atoms with Crippen molar-refractivity contribution in [2.75, 3.05) is 5.32 Å². The van der Waals surface area contributed by atoms with Gasteiger partial charge in [0.2, 0.25) is 5.89 Å². The van der Waals surface area contributed by atoms with Crippen LogP contribution in [-0.2, 0) is 17.6 Å². The minimum Gasteiger partial charge on any atom is -0.441 e. The summed E-state index contributed by atoms with van der Waals surface area (Å²) in [6.45, 7) is 0. The Hall–Kier alpha value is -1.40. The normalized spacial score (nSPS) is 18.3. The van der Waals surface area contributed by atoms with E-state index < -0.39 is 0 Å². The largest absolute Gasteiger partial charge is 0.441 e. The Morgan fingerprint density at radius 3 is 2.86 bits per heavy atom. The SMILES string of the molecule is O=C1Nc2c(Br)cc(Br)cc2C1=Cc1nc2c(o1)CCCC2. The molecule has 1 aliphatic heterocycles. The Kier molecular flexibility index (Phi) is 3.46. The molecule has 2 aliphatic rings. The highest BCUT2D eigenvalue weighted by Crippen LogP contribution is 2.40. The number of hydrogen-bond donors (Lipinski definition) is 1. The Bertz CT molecular complexity index is 800. The van der Waals surface area contributed by atoms with Gasteiger partial charge in [0.25, 0.3) is 5.91 Å². The number of halogens is 2. The molecule has 1 N–H and O–H groups in total. The molecule has 2 aromatic rings. The van der Waals surface area contributed by atoms with Crippen molar-refractivity contribution in [2.45, 2.75) is 25.7 Å². The van der Waals surface area contributed by atoms with Crippen molar-refractivity contribution in [3.05, 3.63) is 44.0 Å². The fraction of sp³-hybridized carbons (Fsp3) is 0.250. The number of nitrogens with zero attached hydrogens (tertiary/aromatic N) is 1. The number of anilines is 1. The average Bonchev–Trinajstić information content (AvgIpc) is 3.02. The number of benzene rings is 1. The van der Waals surface area contributed by atoms with Crippen LogP contribution in [0.4, 0.5) is 5.69 Å². The van der Waals surface area contributed by atoms with Gasteiger partial charge in [-0.25, -0.2) is 4.98 Å². The van der Waals surface area contributed by atoms with Crippen LogP contribution in [0.5, 0.6) is 0 Å². The van der Waals surface area contributed by atoms with Crippen LogP contribution in [0.2, 0.25) is 0 Å². The molecule has 0 bridgehead atoms. The second-order valence-corrected chi connectivity index (χ2v) is 7.22. The fourth-order valence-electron chi connectivity index (χ4n) is 2.92. The predicted octanol–water partition coefficient (Wildman–Crippen LogP) is 4.57. The summed E-state index contributed by atoms with van der Waals surface area (Å²) in [5.41, 5.74) is 3.25. The molecule has 0 radical (unpaired) electrons. The number of aromatic nitrogens is 1. The van der Waals surface area contributed by atoms with E-state index in [0.717, 1.165) is 57.3 Å². The minimum atomic E-state index is -0.134. The van der Waals surface area contributed by atoms with Gasteiger partial charge in [-0.05, 0) is 47.3 Å². The Balaban J connectivity index is 1.80. The van der Waals surface area contributed by atoms with Gasteiger partial charge in [0.15, 0.2) is 0 Å². The Morgan fingerprint density at radius 1 is 1.23 bits per heavy atom. The lowest BCUT2D eigenvalue weighted by Crippen LogP contribution is -2.03. The van der Waals surface area contributed by atoms with E-state index in [2.05, 4.69) is 42.2 Å². The van der Waals surface area contributed by atoms with E-state index in [1.807, 2.05) is 12.1 Å². The second-order valence-electron chi connectivity index (χ2n) is 5.45. The Labute approximate surface area is 144 Å². The molecule has 6 heteroatoms. The first-order valence-corrected chi connectivity index (χ1v) is 8.71. The molecule has 0 unspecified atom stereocenters. The maximum Gasteiger partial charge on any atom is 0.256 e. The first kappa shape index (κ1) is 14.2. The molecule has 0 saturated heterocycles. The molecular weight excluding hydrogens is 412 g/mol. The highest BCUT2D eigenvalue weighted by Gasteiger charge is 2.27. The van der Waals surface area contributed by atoms with Gasteiger partial charge in [0, 0.05) is 27.0 Å².